The topological polar surface area (TPSA) is 55.1 Å². The van der Waals surface area contributed by atoms with Crippen LogP contribution in [0.25, 0.3) is 0 Å². The van der Waals surface area contributed by atoms with E-state index in [0.717, 1.165) is 30.0 Å². The zero-order valence-electron chi connectivity index (χ0n) is 10.1. The molecule has 5 heteroatoms. The Kier molecular flexibility index (Phi) is 2.70. The Balaban J connectivity index is 1.88. The van der Waals surface area contributed by atoms with E-state index in [1.165, 1.54) is 16.9 Å². The maximum atomic E-state index is 11.2. The molecule has 0 saturated heterocycles. The summed E-state index contributed by atoms with van der Waals surface area (Å²) >= 11 is 1.32. The summed E-state index contributed by atoms with van der Waals surface area (Å²) in [7, 11) is 1.98. The molecule has 2 aromatic heterocycles. The van der Waals surface area contributed by atoms with Crippen LogP contribution in [-0.2, 0) is 13.5 Å². The molecule has 1 aliphatic rings. The van der Waals surface area contributed by atoms with Gasteiger partial charge in [0.05, 0.1) is 10.7 Å². The molecule has 3 rings (SSSR count). The lowest BCUT2D eigenvalue weighted by atomic mass is 10.2. The number of nitrogens with zero attached hydrogens (tertiary/aromatic N) is 2. The third-order valence-electron chi connectivity index (χ3n) is 3.10. The van der Waals surface area contributed by atoms with Crippen molar-refractivity contribution in [3.05, 3.63) is 39.6 Å². The van der Waals surface area contributed by atoms with Gasteiger partial charge in [-0.1, -0.05) is 0 Å². The number of carbonyl (C=O) groups is 1. The van der Waals surface area contributed by atoms with Gasteiger partial charge in [-0.25, -0.2) is 9.78 Å². The highest BCUT2D eigenvalue weighted by atomic mass is 32.1. The number of aromatic carboxylic acids is 1. The van der Waals surface area contributed by atoms with Crippen LogP contribution in [-0.4, -0.2) is 20.6 Å². The van der Waals surface area contributed by atoms with Crippen LogP contribution in [0.4, 0.5) is 0 Å². The minimum atomic E-state index is -0.839. The van der Waals surface area contributed by atoms with E-state index in [1.807, 2.05) is 30.1 Å². The van der Waals surface area contributed by atoms with Crippen molar-refractivity contribution in [3.8, 4) is 0 Å². The summed E-state index contributed by atoms with van der Waals surface area (Å²) in [5, 5.41) is 10.1. The van der Waals surface area contributed by atoms with Crippen molar-refractivity contribution < 1.29 is 9.90 Å². The van der Waals surface area contributed by atoms with Gasteiger partial charge in [0, 0.05) is 31.8 Å². The molecule has 94 valence electrons. The first-order valence-electron chi connectivity index (χ1n) is 5.97. The Hall–Kier alpha value is -1.62. The van der Waals surface area contributed by atoms with Crippen LogP contribution < -0.4 is 0 Å². The predicted molar refractivity (Wildman–Crippen MR) is 69.3 cm³/mol. The van der Waals surface area contributed by atoms with Gasteiger partial charge in [-0.3, -0.25) is 0 Å². The Morgan fingerprint density at radius 2 is 2.39 bits per heavy atom. The van der Waals surface area contributed by atoms with E-state index >= 15 is 0 Å². The van der Waals surface area contributed by atoms with Crippen LogP contribution in [0.2, 0.25) is 0 Å². The first-order valence-corrected chi connectivity index (χ1v) is 6.79. The lowest BCUT2D eigenvalue weighted by Gasteiger charge is -1.92. The zero-order chi connectivity index (χ0) is 12.7. The molecule has 2 aromatic rings. The van der Waals surface area contributed by atoms with Crippen molar-refractivity contribution >= 4 is 17.3 Å². The first-order chi connectivity index (χ1) is 8.63. The summed E-state index contributed by atoms with van der Waals surface area (Å²) < 4.78 is 1.99. The largest absolute Gasteiger partial charge is 0.477 e. The van der Waals surface area contributed by atoms with E-state index in [-0.39, 0.29) is 0 Å². The lowest BCUT2D eigenvalue weighted by Crippen LogP contribution is -1.97. The van der Waals surface area contributed by atoms with E-state index < -0.39 is 5.97 Å². The minimum Gasteiger partial charge on any atom is -0.477 e. The Labute approximate surface area is 109 Å². The first kappa shape index (κ1) is 11.5. The second-order valence-electron chi connectivity index (χ2n) is 4.76. The van der Waals surface area contributed by atoms with Gasteiger partial charge in [-0.15, -0.1) is 11.3 Å². The van der Waals surface area contributed by atoms with E-state index in [0.29, 0.717) is 10.8 Å². The highest BCUT2D eigenvalue weighted by Crippen LogP contribution is 2.42. The third-order valence-corrected chi connectivity index (χ3v) is 4.16. The molecule has 0 amide bonds. The molecule has 18 heavy (non-hydrogen) atoms. The van der Waals surface area contributed by atoms with Crippen LogP contribution in [0.1, 0.15) is 44.7 Å². The second kappa shape index (κ2) is 4.24. The molecular formula is C13H14N2O2S. The number of hydrogen-bond donors (Lipinski definition) is 1. The molecule has 1 aliphatic carbocycles. The standard InChI is InChI=1S/C13H14N2O2S/c1-15-5-4-8(7-15)6-10-14-11(9-2-3-9)12(18-10)13(16)17/h4-5,7,9H,2-3,6H2,1H3,(H,16,17). The molecule has 0 atom stereocenters. The number of aromatic nitrogens is 2. The van der Waals surface area contributed by atoms with Crippen LogP contribution in [0.5, 0.6) is 0 Å². The number of thiazole rings is 1. The van der Waals surface area contributed by atoms with Crippen molar-refractivity contribution in [1.82, 2.24) is 9.55 Å². The van der Waals surface area contributed by atoms with Crippen molar-refractivity contribution in [2.45, 2.75) is 25.2 Å². The average Bonchev–Trinajstić information content (AvgIpc) is 2.95. The van der Waals surface area contributed by atoms with Crippen molar-refractivity contribution in [2.24, 2.45) is 7.05 Å². The number of aryl methyl sites for hydroxylation is 1. The second-order valence-corrected chi connectivity index (χ2v) is 5.85. The molecule has 2 heterocycles. The molecular weight excluding hydrogens is 248 g/mol. The molecule has 0 spiro atoms. The maximum Gasteiger partial charge on any atom is 0.347 e. The van der Waals surface area contributed by atoms with Gasteiger partial charge in [0.25, 0.3) is 0 Å². The number of carboxylic acids is 1. The summed E-state index contributed by atoms with van der Waals surface area (Å²) in [5.41, 5.74) is 1.98. The molecule has 4 nitrogen and oxygen atoms in total. The van der Waals surface area contributed by atoms with Gasteiger partial charge >= 0.3 is 5.97 Å². The zero-order valence-corrected chi connectivity index (χ0v) is 10.9. The van der Waals surface area contributed by atoms with Gasteiger partial charge in [-0.05, 0) is 24.5 Å². The smallest absolute Gasteiger partial charge is 0.347 e. The van der Waals surface area contributed by atoms with Crippen molar-refractivity contribution in [2.75, 3.05) is 0 Å². The fourth-order valence-corrected chi connectivity index (χ4v) is 3.10. The average molecular weight is 262 g/mol. The predicted octanol–water partition coefficient (Wildman–Crippen LogP) is 2.65. The molecule has 0 aromatic carbocycles. The molecule has 1 fully saturated rings. The van der Waals surface area contributed by atoms with Crippen LogP contribution in [0.3, 0.4) is 0 Å². The minimum absolute atomic E-state index is 0.386. The molecule has 1 N–H and O–H groups in total. The number of carboxylic acid groups (broad SMARTS) is 1. The highest BCUT2D eigenvalue weighted by Gasteiger charge is 2.31. The monoisotopic (exact) mass is 262 g/mol. The normalized spacial score (nSPS) is 14.9. The molecule has 0 aliphatic heterocycles. The molecule has 0 radical (unpaired) electrons. The van der Waals surface area contributed by atoms with Crippen LogP contribution in [0, 0.1) is 0 Å². The van der Waals surface area contributed by atoms with E-state index in [4.69, 9.17) is 0 Å². The van der Waals surface area contributed by atoms with Gasteiger partial charge in [0.1, 0.15) is 4.88 Å². The van der Waals surface area contributed by atoms with Gasteiger partial charge < -0.3 is 9.67 Å². The molecule has 1 saturated carbocycles. The van der Waals surface area contributed by atoms with Crippen LogP contribution >= 0.6 is 11.3 Å². The quantitative estimate of drug-likeness (QED) is 0.921. The van der Waals surface area contributed by atoms with E-state index in [9.17, 15) is 9.90 Å². The van der Waals surface area contributed by atoms with E-state index in [1.54, 1.807) is 0 Å². The van der Waals surface area contributed by atoms with Crippen LogP contribution in [0.15, 0.2) is 18.5 Å². The Morgan fingerprint density at radius 3 is 2.94 bits per heavy atom. The third kappa shape index (κ3) is 2.18. The summed E-state index contributed by atoms with van der Waals surface area (Å²) in [6, 6.07) is 2.04. The maximum absolute atomic E-state index is 11.2. The SMILES string of the molecule is Cn1ccc(Cc2nc(C3CC3)c(C(=O)O)s2)c1. The molecule has 0 unspecified atom stereocenters. The fourth-order valence-electron chi connectivity index (χ4n) is 2.08. The van der Waals surface area contributed by atoms with Crippen molar-refractivity contribution in [1.29, 1.82) is 0 Å². The highest BCUT2D eigenvalue weighted by molar-refractivity contribution is 7.13. The van der Waals surface area contributed by atoms with Gasteiger partial charge in [0.2, 0.25) is 0 Å². The summed E-state index contributed by atoms with van der Waals surface area (Å²) in [4.78, 5) is 16.2. The number of hydrogen-bond acceptors (Lipinski definition) is 3. The van der Waals surface area contributed by atoms with Crippen molar-refractivity contribution in [3.63, 3.8) is 0 Å². The fraction of sp³-hybridized carbons (Fsp3) is 0.385. The summed E-state index contributed by atoms with van der Waals surface area (Å²) in [6.07, 6.45) is 6.91. The van der Waals surface area contributed by atoms with Gasteiger partial charge in [0.15, 0.2) is 0 Å². The summed E-state index contributed by atoms with van der Waals surface area (Å²) in [5.74, 6) is -0.453. The van der Waals surface area contributed by atoms with E-state index in [2.05, 4.69) is 4.98 Å². The molecule has 0 bridgehead atoms. The lowest BCUT2D eigenvalue weighted by molar-refractivity contribution is 0.0700. The Bertz CT molecular complexity index is 596. The number of rotatable bonds is 4. The Morgan fingerprint density at radius 1 is 1.61 bits per heavy atom. The summed E-state index contributed by atoms with van der Waals surface area (Å²) in [6.45, 7) is 0. The van der Waals surface area contributed by atoms with Gasteiger partial charge in [-0.2, -0.15) is 0 Å².